The van der Waals surface area contributed by atoms with Crippen LogP contribution in [-0.4, -0.2) is 14.3 Å². The van der Waals surface area contributed by atoms with Crippen molar-refractivity contribution >= 4 is 31.9 Å². The molecule has 3 aromatic rings. The van der Waals surface area contributed by atoms with E-state index in [1.165, 1.54) is 12.1 Å². The lowest BCUT2D eigenvalue weighted by Gasteiger charge is -2.12. The number of halogens is 1. The predicted molar refractivity (Wildman–Crippen MR) is 102 cm³/mol. The van der Waals surface area contributed by atoms with Crippen molar-refractivity contribution in [3.05, 3.63) is 88.9 Å². The number of amides is 1. The molecule has 0 aromatic heterocycles. The standard InChI is InChI=1S/C19H14BrNO4S/c20-16-11-5-7-13-18(16)26(23,24)21-19(22)15-10-4-6-12-17(15)25-14-8-2-1-3-9-14/h1-13H,(H,21,22). The maximum absolute atomic E-state index is 12.6. The molecule has 0 unspecified atom stereocenters. The highest BCUT2D eigenvalue weighted by Crippen LogP contribution is 2.26. The topological polar surface area (TPSA) is 72.5 Å². The molecule has 0 heterocycles. The molecule has 0 saturated heterocycles. The van der Waals surface area contributed by atoms with Gasteiger partial charge in [-0.05, 0) is 52.3 Å². The lowest BCUT2D eigenvalue weighted by Crippen LogP contribution is -2.31. The van der Waals surface area contributed by atoms with E-state index in [1.807, 2.05) is 6.07 Å². The Morgan fingerprint density at radius 2 is 1.46 bits per heavy atom. The van der Waals surface area contributed by atoms with Crippen LogP contribution in [0.3, 0.4) is 0 Å². The molecule has 3 rings (SSSR count). The second-order valence-corrected chi connectivity index (χ2v) is 7.78. The summed E-state index contributed by atoms with van der Waals surface area (Å²) in [6, 6.07) is 21.6. The van der Waals surface area contributed by atoms with E-state index in [9.17, 15) is 13.2 Å². The van der Waals surface area contributed by atoms with Crippen LogP contribution in [0.5, 0.6) is 11.5 Å². The van der Waals surface area contributed by atoms with Gasteiger partial charge in [0.15, 0.2) is 0 Å². The zero-order valence-corrected chi connectivity index (χ0v) is 15.8. The Morgan fingerprint density at radius 1 is 0.846 bits per heavy atom. The summed E-state index contributed by atoms with van der Waals surface area (Å²) in [5.41, 5.74) is 0.118. The van der Waals surface area contributed by atoms with Crippen molar-refractivity contribution in [1.29, 1.82) is 0 Å². The van der Waals surface area contributed by atoms with Gasteiger partial charge in [0.2, 0.25) is 0 Å². The van der Waals surface area contributed by atoms with Gasteiger partial charge in [0, 0.05) is 4.47 Å². The van der Waals surface area contributed by atoms with Gasteiger partial charge in [-0.15, -0.1) is 0 Å². The number of benzene rings is 3. The van der Waals surface area contributed by atoms with Crippen molar-refractivity contribution in [1.82, 2.24) is 4.72 Å². The zero-order chi connectivity index (χ0) is 18.6. The Morgan fingerprint density at radius 3 is 2.19 bits per heavy atom. The second kappa shape index (κ2) is 7.72. The minimum absolute atomic E-state index is 0.0187. The Bertz CT molecular complexity index is 1040. The van der Waals surface area contributed by atoms with E-state index in [1.54, 1.807) is 60.7 Å². The molecule has 132 valence electrons. The molecule has 1 amide bonds. The molecule has 0 aliphatic rings. The van der Waals surface area contributed by atoms with E-state index in [0.717, 1.165) is 0 Å². The van der Waals surface area contributed by atoms with Crippen molar-refractivity contribution in [2.24, 2.45) is 0 Å². The van der Waals surface area contributed by atoms with Crippen LogP contribution in [0.4, 0.5) is 0 Å². The molecule has 3 aromatic carbocycles. The van der Waals surface area contributed by atoms with Crippen LogP contribution in [0.2, 0.25) is 0 Å². The van der Waals surface area contributed by atoms with Crippen molar-refractivity contribution < 1.29 is 17.9 Å². The van der Waals surface area contributed by atoms with Gasteiger partial charge in [0.1, 0.15) is 16.4 Å². The first-order chi connectivity index (χ1) is 12.5. The van der Waals surface area contributed by atoms with Gasteiger partial charge in [-0.1, -0.05) is 42.5 Å². The molecule has 0 saturated carbocycles. The van der Waals surface area contributed by atoms with Crippen molar-refractivity contribution in [2.45, 2.75) is 4.90 Å². The molecule has 0 spiro atoms. The number of hydrogen-bond donors (Lipinski definition) is 1. The number of carbonyl (C=O) groups excluding carboxylic acids is 1. The van der Waals surface area contributed by atoms with E-state index < -0.39 is 15.9 Å². The average Bonchev–Trinajstić information content (AvgIpc) is 2.63. The highest BCUT2D eigenvalue weighted by Gasteiger charge is 2.23. The Labute approximate surface area is 159 Å². The highest BCUT2D eigenvalue weighted by atomic mass is 79.9. The average molecular weight is 432 g/mol. The fourth-order valence-corrected chi connectivity index (χ4v) is 4.22. The monoisotopic (exact) mass is 431 g/mol. The van der Waals surface area contributed by atoms with Gasteiger partial charge < -0.3 is 4.74 Å². The summed E-state index contributed by atoms with van der Waals surface area (Å²) < 4.78 is 33.2. The minimum Gasteiger partial charge on any atom is -0.457 e. The first-order valence-corrected chi connectivity index (χ1v) is 9.88. The molecule has 0 fully saturated rings. The summed E-state index contributed by atoms with van der Waals surface area (Å²) in [6.45, 7) is 0. The largest absolute Gasteiger partial charge is 0.457 e. The summed E-state index contributed by atoms with van der Waals surface area (Å²) in [5, 5.41) is 0. The molecular formula is C19H14BrNO4S. The maximum Gasteiger partial charge on any atom is 0.268 e. The number of para-hydroxylation sites is 2. The number of ether oxygens (including phenoxy) is 1. The zero-order valence-electron chi connectivity index (χ0n) is 13.4. The Kier molecular flexibility index (Phi) is 5.39. The second-order valence-electron chi connectivity index (χ2n) is 5.28. The molecular weight excluding hydrogens is 418 g/mol. The normalized spacial score (nSPS) is 11.0. The number of nitrogens with one attached hydrogen (secondary N) is 1. The molecule has 1 N–H and O–H groups in total. The van der Waals surface area contributed by atoms with Crippen LogP contribution in [-0.2, 0) is 10.0 Å². The highest BCUT2D eigenvalue weighted by molar-refractivity contribution is 9.10. The molecule has 0 atom stereocenters. The lowest BCUT2D eigenvalue weighted by atomic mass is 10.2. The van der Waals surface area contributed by atoms with E-state index in [-0.39, 0.29) is 16.2 Å². The quantitative estimate of drug-likeness (QED) is 0.651. The van der Waals surface area contributed by atoms with E-state index in [2.05, 4.69) is 20.7 Å². The summed E-state index contributed by atoms with van der Waals surface area (Å²) in [7, 11) is -4.03. The van der Waals surface area contributed by atoms with Gasteiger partial charge in [-0.3, -0.25) is 4.79 Å². The minimum atomic E-state index is -4.03. The Hall–Kier alpha value is -2.64. The van der Waals surface area contributed by atoms with Crippen molar-refractivity contribution in [3.8, 4) is 11.5 Å². The molecule has 0 radical (unpaired) electrons. The van der Waals surface area contributed by atoms with Gasteiger partial charge in [0.05, 0.1) is 5.56 Å². The SMILES string of the molecule is O=C(NS(=O)(=O)c1ccccc1Br)c1ccccc1Oc1ccccc1. The van der Waals surface area contributed by atoms with Crippen molar-refractivity contribution in [2.75, 3.05) is 0 Å². The summed E-state index contributed by atoms with van der Waals surface area (Å²) >= 11 is 3.18. The van der Waals surface area contributed by atoms with Crippen LogP contribution >= 0.6 is 15.9 Å². The molecule has 0 aliphatic carbocycles. The molecule has 0 bridgehead atoms. The smallest absolute Gasteiger partial charge is 0.268 e. The first kappa shape index (κ1) is 18.2. The predicted octanol–water partition coefficient (Wildman–Crippen LogP) is 4.36. The van der Waals surface area contributed by atoms with E-state index >= 15 is 0 Å². The molecule has 5 nitrogen and oxygen atoms in total. The van der Waals surface area contributed by atoms with E-state index in [0.29, 0.717) is 10.2 Å². The van der Waals surface area contributed by atoms with Gasteiger partial charge in [-0.2, -0.15) is 0 Å². The summed E-state index contributed by atoms with van der Waals surface area (Å²) in [4.78, 5) is 12.6. The van der Waals surface area contributed by atoms with Gasteiger partial charge in [0.25, 0.3) is 15.9 Å². The van der Waals surface area contributed by atoms with Crippen LogP contribution < -0.4 is 9.46 Å². The molecule has 0 aliphatic heterocycles. The third kappa shape index (κ3) is 4.12. The third-order valence-corrected chi connectivity index (χ3v) is 5.80. The number of hydrogen-bond acceptors (Lipinski definition) is 4. The number of sulfonamides is 1. The maximum atomic E-state index is 12.6. The number of carbonyl (C=O) groups is 1. The van der Waals surface area contributed by atoms with E-state index in [4.69, 9.17) is 4.74 Å². The summed E-state index contributed by atoms with van der Waals surface area (Å²) in [6.07, 6.45) is 0. The van der Waals surface area contributed by atoms with Gasteiger partial charge in [-0.25, -0.2) is 13.1 Å². The van der Waals surface area contributed by atoms with Crippen LogP contribution in [0.1, 0.15) is 10.4 Å². The van der Waals surface area contributed by atoms with Crippen LogP contribution in [0.15, 0.2) is 88.2 Å². The number of rotatable bonds is 5. The fraction of sp³-hybridized carbons (Fsp3) is 0. The molecule has 26 heavy (non-hydrogen) atoms. The lowest BCUT2D eigenvalue weighted by molar-refractivity contribution is 0.0979. The fourth-order valence-electron chi connectivity index (χ4n) is 2.25. The van der Waals surface area contributed by atoms with Crippen LogP contribution in [0.25, 0.3) is 0 Å². The van der Waals surface area contributed by atoms with Crippen LogP contribution in [0, 0.1) is 0 Å². The first-order valence-electron chi connectivity index (χ1n) is 7.61. The third-order valence-electron chi connectivity index (χ3n) is 3.46. The van der Waals surface area contributed by atoms with Gasteiger partial charge >= 0.3 is 0 Å². The molecule has 7 heteroatoms. The Balaban J connectivity index is 1.88. The summed E-state index contributed by atoms with van der Waals surface area (Å²) in [5.74, 6) is 0.0345. The van der Waals surface area contributed by atoms with Crippen molar-refractivity contribution in [3.63, 3.8) is 0 Å².